The molecule has 0 aromatic carbocycles. The first-order valence-electron chi connectivity index (χ1n) is 5.40. The lowest BCUT2D eigenvalue weighted by molar-refractivity contribution is -0.168. The van der Waals surface area contributed by atoms with E-state index < -0.39 is 35.4 Å². The summed E-state index contributed by atoms with van der Waals surface area (Å²) >= 11 is 0. The first kappa shape index (κ1) is 13.0. The van der Waals surface area contributed by atoms with E-state index in [0.29, 0.717) is 0 Å². The number of hydrogen-bond donors (Lipinski definition) is 0. The molecule has 2 atom stereocenters. The van der Waals surface area contributed by atoms with Gasteiger partial charge >= 0.3 is 23.9 Å². The number of carbonyl (C=O) groups is 4. The number of fused-ring (bicyclic) bond motifs is 1. The predicted molar refractivity (Wildman–Crippen MR) is 58.1 cm³/mol. The van der Waals surface area contributed by atoms with E-state index in [0.717, 1.165) is 6.92 Å². The highest BCUT2D eigenvalue weighted by molar-refractivity contribution is 6.05. The topological polar surface area (TPSA) is 96.0 Å². The first-order chi connectivity index (χ1) is 8.85. The van der Waals surface area contributed by atoms with Crippen molar-refractivity contribution in [3.8, 4) is 0 Å². The third-order valence-corrected chi connectivity index (χ3v) is 2.63. The molecule has 7 heteroatoms. The zero-order valence-corrected chi connectivity index (χ0v) is 10.2. The van der Waals surface area contributed by atoms with E-state index in [4.69, 9.17) is 9.47 Å². The summed E-state index contributed by atoms with van der Waals surface area (Å²) in [6, 6.07) is 0. The second kappa shape index (κ2) is 4.34. The summed E-state index contributed by atoms with van der Waals surface area (Å²) in [5.74, 6) is -4.19. The molecule has 0 bridgehead atoms. The third kappa shape index (κ3) is 2.14. The van der Waals surface area contributed by atoms with E-state index in [9.17, 15) is 19.2 Å². The van der Waals surface area contributed by atoms with Gasteiger partial charge in [-0.05, 0) is 18.2 Å². The van der Waals surface area contributed by atoms with Crippen molar-refractivity contribution in [3.05, 3.63) is 24.0 Å². The van der Waals surface area contributed by atoms with Crippen molar-refractivity contribution in [2.75, 3.05) is 0 Å². The quantitative estimate of drug-likeness (QED) is 0.394. The zero-order chi connectivity index (χ0) is 14.2. The fourth-order valence-electron chi connectivity index (χ4n) is 1.94. The van der Waals surface area contributed by atoms with Crippen molar-refractivity contribution in [3.63, 3.8) is 0 Å². The van der Waals surface area contributed by atoms with Crippen LogP contribution >= 0.6 is 0 Å². The molecule has 2 rings (SSSR count). The van der Waals surface area contributed by atoms with Gasteiger partial charge in [-0.3, -0.25) is 14.4 Å². The summed E-state index contributed by atoms with van der Waals surface area (Å²) in [5, 5.41) is 0. The van der Waals surface area contributed by atoms with Gasteiger partial charge in [0.25, 0.3) is 0 Å². The largest absolute Gasteiger partial charge is 0.442 e. The van der Waals surface area contributed by atoms with Gasteiger partial charge < -0.3 is 14.2 Å². The maximum Gasteiger partial charge on any atom is 0.363 e. The summed E-state index contributed by atoms with van der Waals surface area (Å²) in [6.45, 7) is 2.31. The van der Waals surface area contributed by atoms with E-state index in [2.05, 4.69) is 4.74 Å². The summed E-state index contributed by atoms with van der Waals surface area (Å²) in [7, 11) is 0. The highest BCUT2D eigenvalue weighted by Gasteiger charge is 2.60. The van der Waals surface area contributed by atoms with Crippen LogP contribution in [-0.4, -0.2) is 29.5 Å². The van der Waals surface area contributed by atoms with Crippen LogP contribution in [0.3, 0.4) is 0 Å². The maximum absolute atomic E-state index is 11.7. The van der Waals surface area contributed by atoms with Crippen molar-refractivity contribution < 1.29 is 33.4 Å². The SMILES string of the molecule is CC(=O)OC1=CC2C(=O)OC(=O)C2(OC(C)=O)C=C1. The summed E-state index contributed by atoms with van der Waals surface area (Å²) in [6.07, 6.45) is 3.68. The highest BCUT2D eigenvalue weighted by atomic mass is 16.6. The number of cyclic esters (lactones) is 2. The van der Waals surface area contributed by atoms with Gasteiger partial charge in [-0.15, -0.1) is 0 Å². The minimum absolute atomic E-state index is 0.0897. The molecule has 0 aromatic heterocycles. The predicted octanol–water partition coefficient (Wildman–Crippen LogP) is 0.00470. The van der Waals surface area contributed by atoms with Crippen molar-refractivity contribution in [2.45, 2.75) is 19.4 Å². The Morgan fingerprint density at radius 3 is 2.53 bits per heavy atom. The number of carbonyl (C=O) groups excluding carboxylic acids is 4. The van der Waals surface area contributed by atoms with Crippen molar-refractivity contribution in [1.82, 2.24) is 0 Å². The molecule has 0 radical (unpaired) electrons. The Balaban J connectivity index is 2.38. The minimum Gasteiger partial charge on any atom is -0.442 e. The van der Waals surface area contributed by atoms with Gasteiger partial charge in [-0.1, -0.05) is 0 Å². The number of rotatable bonds is 2. The lowest BCUT2D eigenvalue weighted by atomic mass is 9.85. The number of allylic oxidation sites excluding steroid dienone is 1. The Bertz CT molecular complexity index is 542. The van der Waals surface area contributed by atoms with E-state index in [1.165, 1.54) is 25.2 Å². The fraction of sp³-hybridized carbons (Fsp3) is 0.333. The molecule has 1 aliphatic heterocycles. The molecule has 2 unspecified atom stereocenters. The van der Waals surface area contributed by atoms with E-state index in [1.807, 2.05) is 0 Å². The molecule has 0 spiro atoms. The average molecular weight is 266 g/mol. The van der Waals surface area contributed by atoms with Gasteiger partial charge in [0.05, 0.1) is 0 Å². The lowest BCUT2D eigenvalue weighted by Gasteiger charge is -2.26. The lowest BCUT2D eigenvalue weighted by Crippen LogP contribution is -2.44. The number of ether oxygens (including phenoxy) is 3. The molecule has 0 saturated carbocycles. The van der Waals surface area contributed by atoms with Crippen LogP contribution in [0.1, 0.15) is 13.8 Å². The molecule has 100 valence electrons. The van der Waals surface area contributed by atoms with E-state index >= 15 is 0 Å². The molecular formula is C12H10O7. The van der Waals surface area contributed by atoms with E-state index in [1.54, 1.807) is 0 Å². The molecule has 7 nitrogen and oxygen atoms in total. The van der Waals surface area contributed by atoms with Crippen LogP contribution in [-0.2, 0) is 33.4 Å². The van der Waals surface area contributed by atoms with Crippen LogP contribution < -0.4 is 0 Å². The number of esters is 4. The van der Waals surface area contributed by atoms with Gasteiger partial charge in [0.1, 0.15) is 11.7 Å². The maximum atomic E-state index is 11.7. The van der Waals surface area contributed by atoms with Crippen molar-refractivity contribution in [1.29, 1.82) is 0 Å². The summed E-state index contributed by atoms with van der Waals surface area (Å²) in [4.78, 5) is 45.2. The molecule has 0 aromatic rings. The monoisotopic (exact) mass is 266 g/mol. The van der Waals surface area contributed by atoms with Crippen LogP contribution in [0.5, 0.6) is 0 Å². The van der Waals surface area contributed by atoms with Crippen LogP contribution in [0.4, 0.5) is 0 Å². The van der Waals surface area contributed by atoms with Gasteiger partial charge in [0, 0.05) is 13.8 Å². The fourth-order valence-corrected chi connectivity index (χ4v) is 1.94. The molecule has 0 amide bonds. The Hall–Kier alpha value is -2.44. The minimum atomic E-state index is -1.80. The second-order valence-electron chi connectivity index (χ2n) is 4.07. The standard InChI is InChI=1S/C12H10O7/c1-6(13)17-8-3-4-12(19-7(2)14)9(5-8)10(15)18-11(12)16/h3-5,9H,1-2H3. The Kier molecular flexibility index (Phi) is 2.97. The first-order valence-corrected chi connectivity index (χ1v) is 5.40. The van der Waals surface area contributed by atoms with Gasteiger partial charge in [0.15, 0.2) is 0 Å². The molecule has 1 saturated heterocycles. The summed E-state index contributed by atoms with van der Waals surface area (Å²) in [5.41, 5.74) is -1.80. The van der Waals surface area contributed by atoms with Crippen molar-refractivity contribution >= 4 is 23.9 Å². The number of hydrogen-bond acceptors (Lipinski definition) is 7. The normalized spacial score (nSPS) is 28.3. The van der Waals surface area contributed by atoms with Crippen LogP contribution in [0.2, 0.25) is 0 Å². The van der Waals surface area contributed by atoms with Gasteiger partial charge in [-0.25, -0.2) is 4.79 Å². The second-order valence-corrected chi connectivity index (χ2v) is 4.07. The average Bonchev–Trinajstić information content (AvgIpc) is 2.51. The highest BCUT2D eigenvalue weighted by Crippen LogP contribution is 2.38. The smallest absolute Gasteiger partial charge is 0.363 e. The molecular weight excluding hydrogens is 256 g/mol. The molecule has 2 aliphatic rings. The summed E-state index contributed by atoms with van der Waals surface area (Å²) < 4.78 is 14.2. The molecule has 0 N–H and O–H groups in total. The van der Waals surface area contributed by atoms with Crippen molar-refractivity contribution in [2.24, 2.45) is 5.92 Å². The van der Waals surface area contributed by atoms with Crippen LogP contribution in [0, 0.1) is 5.92 Å². The van der Waals surface area contributed by atoms with Crippen LogP contribution in [0.25, 0.3) is 0 Å². The Morgan fingerprint density at radius 1 is 1.26 bits per heavy atom. The third-order valence-electron chi connectivity index (χ3n) is 2.63. The molecule has 1 fully saturated rings. The van der Waals surface area contributed by atoms with Gasteiger partial charge in [0.2, 0.25) is 5.60 Å². The molecule has 19 heavy (non-hydrogen) atoms. The van der Waals surface area contributed by atoms with E-state index in [-0.39, 0.29) is 5.76 Å². The zero-order valence-electron chi connectivity index (χ0n) is 10.2. The Labute approximate surface area is 107 Å². The van der Waals surface area contributed by atoms with Crippen LogP contribution in [0.15, 0.2) is 24.0 Å². The van der Waals surface area contributed by atoms with Gasteiger partial charge in [-0.2, -0.15) is 0 Å². The molecule has 1 aliphatic carbocycles. The molecule has 1 heterocycles. The Morgan fingerprint density at radius 2 is 1.95 bits per heavy atom.